The first-order valence-corrected chi connectivity index (χ1v) is 14.9. The number of nitrogens with zero attached hydrogens (tertiary/aromatic N) is 3. The molecule has 1 aromatic heterocycles. The van der Waals surface area contributed by atoms with E-state index in [1.807, 2.05) is 13.8 Å². The molecule has 1 aromatic carbocycles. The smallest absolute Gasteiger partial charge is 0.280 e. The first kappa shape index (κ1) is 26.2. The average molecular weight is 548 g/mol. The van der Waals surface area contributed by atoms with Crippen molar-refractivity contribution in [3.8, 4) is 0 Å². The summed E-state index contributed by atoms with van der Waals surface area (Å²) in [5.74, 6) is -3.07. The fourth-order valence-electron chi connectivity index (χ4n) is 8.05. The highest BCUT2D eigenvalue weighted by Crippen LogP contribution is 2.48. The molecule has 6 atom stereocenters. The molecule has 6 unspecified atom stereocenters. The summed E-state index contributed by atoms with van der Waals surface area (Å²) in [7, 11) is 2.07. The van der Waals surface area contributed by atoms with E-state index in [0.717, 1.165) is 42.5 Å². The van der Waals surface area contributed by atoms with E-state index in [9.17, 15) is 14.7 Å². The van der Waals surface area contributed by atoms with Crippen molar-refractivity contribution in [1.82, 2.24) is 25.0 Å². The van der Waals surface area contributed by atoms with Crippen LogP contribution in [-0.4, -0.2) is 93.0 Å². The first-order chi connectivity index (χ1) is 19.0. The van der Waals surface area contributed by atoms with Gasteiger partial charge in [0.1, 0.15) is 0 Å². The Labute approximate surface area is 235 Å². The molecule has 4 aliphatic heterocycles. The number of rotatable bonds is 4. The fraction of sp³-hybridized carbons (Fsp3) is 0.613. The molecular formula is C31H41N5O4. The van der Waals surface area contributed by atoms with E-state index in [4.69, 9.17) is 4.74 Å². The third-order valence-corrected chi connectivity index (χ3v) is 10.2. The lowest BCUT2D eigenvalue weighted by atomic mass is 9.79. The molecule has 0 radical (unpaired) electrons. The van der Waals surface area contributed by atoms with Crippen molar-refractivity contribution in [3.05, 3.63) is 41.6 Å². The van der Waals surface area contributed by atoms with Gasteiger partial charge in [-0.25, -0.2) is 0 Å². The van der Waals surface area contributed by atoms with Gasteiger partial charge in [-0.05, 0) is 61.5 Å². The Hall–Kier alpha value is -2.72. The number of carbonyl (C=O) groups excluding carboxylic acids is 2. The topological polar surface area (TPSA) is 101 Å². The standard InChI is InChI=1S/C31H41N5O4/c1-17(2)25-16-35-11-7-10-26(35)31(39)36(25)29(38)30(40-31,18(3)4)33-28(37)20-12-22-21-8-6-9-23-27(21)19(14-32-23)13-24(22)34(5)15-20/h6,8-9,12,14,17-18,20,24-26,32,39H,7,10-11,13,15-16H2,1-5H3,(H,33,37). The molecule has 0 saturated carbocycles. The number of likely N-dealkylation sites (N-methyl/N-ethyl adjacent to an activating group) is 1. The molecule has 40 heavy (non-hydrogen) atoms. The van der Waals surface area contributed by atoms with Gasteiger partial charge in [0.2, 0.25) is 11.6 Å². The molecule has 7 rings (SSSR count). The highest BCUT2D eigenvalue weighted by Gasteiger charge is 2.70. The van der Waals surface area contributed by atoms with Crippen LogP contribution in [0, 0.1) is 17.8 Å². The number of hydrogen-bond acceptors (Lipinski definition) is 6. The third-order valence-electron chi connectivity index (χ3n) is 10.2. The fourth-order valence-corrected chi connectivity index (χ4v) is 8.05. The van der Waals surface area contributed by atoms with Crippen molar-refractivity contribution in [2.45, 2.75) is 76.7 Å². The maximum atomic E-state index is 14.3. The zero-order valence-corrected chi connectivity index (χ0v) is 24.1. The minimum absolute atomic E-state index is 0.125. The molecule has 9 nitrogen and oxygen atoms in total. The van der Waals surface area contributed by atoms with Gasteiger partial charge in [0.15, 0.2) is 0 Å². The highest BCUT2D eigenvalue weighted by molar-refractivity contribution is 6.00. The molecule has 3 N–H and O–H groups in total. The van der Waals surface area contributed by atoms with E-state index in [1.54, 1.807) is 4.90 Å². The van der Waals surface area contributed by atoms with Crippen molar-refractivity contribution >= 4 is 28.3 Å². The number of hydrogen-bond donors (Lipinski definition) is 3. The molecule has 5 heterocycles. The van der Waals surface area contributed by atoms with E-state index in [1.165, 1.54) is 10.9 Å². The molecule has 1 aliphatic carbocycles. The molecule has 214 valence electrons. The van der Waals surface area contributed by atoms with E-state index in [0.29, 0.717) is 13.1 Å². The normalized spacial score (nSPS) is 35.8. The zero-order valence-electron chi connectivity index (χ0n) is 24.1. The van der Waals surface area contributed by atoms with Crippen LogP contribution in [-0.2, 0) is 20.7 Å². The number of aromatic nitrogens is 1. The predicted octanol–water partition coefficient (Wildman–Crippen LogP) is 2.51. The number of fused-ring (bicyclic) bond motifs is 5. The zero-order chi connectivity index (χ0) is 28.1. The molecule has 2 aromatic rings. The highest BCUT2D eigenvalue weighted by atomic mass is 16.7. The van der Waals surface area contributed by atoms with Crippen LogP contribution in [0.3, 0.4) is 0 Å². The number of ether oxygens (including phenoxy) is 1. The lowest BCUT2D eigenvalue weighted by Crippen LogP contribution is -2.70. The molecule has 3 saturated heterocycles. The van der Waals surface area contributed by atoms with Gasteiger partial charge in [0.25, 0.3) is 11.8 Å². The van der Waals surface area contributed by atoms with Crippen molar-refractivity contribution in [2.24, 2.45) is 17.8 Å². The Kier molecular flexibility index (Phi) is 5.82. The van der Waals surface area contributed by atoms with Crippen LogP contribution in [0.2, 0.25) is 0 Å². The Morgan fingerprint density at radius 2 is 2.02 bits per heavy atom. The molecule has 5 aliphatic rings. The van der Waals surface area contributed by atoms with Gasteiger partial charge in [-0.2, -0.15) is 0 Å². The van der Waals surface area contributed by atoms with E-state index < -0.39 is 17.6 Å². The second kappa shape index (κ2) is 8.89. The summed E-state index contributed by atoms with van der Waals surface area (Å²) in [6, 6.07) is 5.97. The maximum absolute atomic E-state index is 14.3. The molecule has 3 fully saturated rings. The summed E-state index contributed by atoms with van der Waals surface area (Å²) in [6.45, 7) is 10.0. The quantitative estimate of drug-likeness (QED) is 0.544. The number of amides is 2. The van der Waals surface area contributed by atoms with Gasteiger partial charge in [-0.1, -0.05) is 45.9 Å². The Morgan fingerprint density at radius 3 is 2.77 bits per heavy atom. The lowest BCUT2D eigenvalue weighted by Gasteiger charge is -2.50. The van der Waals surface area contributed by atoms with Crippen molar-refractivity contribution in [2.75, 3.05) is 26.7 Å². The number of H-pyrrole nitrogens is 1. The van der Waals surface area contributed by atoms with Crippen molar-refractivity contribution < 1.29 is 19.4 Å². The summed E-state index contributed by atoms with van der Waals surface area (Å²) in [5, 5.41) is 16.4. The number of piperazine rings is 1. The van der Waals surface area contributed by atoms with E-state index in [2.05, 4.69) is 71.5 Å². The largest absolute Gasteiger partial charge is 0.361 e. The predicted molar refractivity (Wildman–Crippen MR) is 152 cm³/mol. The van der Waals surface area contributed by atoms with Crippen LogP contribution in [0.15, 0.2) is 30.5 Å². The molecule has 2 amide bonds. The van der Waals surface area contributed by atoms with Gasteiger partial charge in [-0.15, -0.1) is 0 Å². The Balaban J connectivity index is 1.24. The monoisotopic (exact) mass is 547 g/mol. The minimum atomic E-state index is -1.77. The van der Waals surface area contributed by atoms with Crippen LogP contribution >= 0.6 is 0 Å². The number of aliphatic hydroxyl groups is 1. The molecule has 0 bridgehead atoms. The van der Waals surface area contributed by atoms with Gasteiger partial charge >= 0.3 is 0 Å². The number of aromatic amines is 1. The number of nitrogens with one attached hydrogen (secondary N) is 2. The minimum Gasteiger partial charge on any atom is -0.361 e. The third kappa shape index (κ3) is 3.47. The second-order valence-corrected chi connectivity index (χ2v) is 13.2. The van der Waals surface area contributed by atoms with Crippen molar-refractivity contribution in [1.29, 1.82) is 0 Å². The molecule has 0 spiro atoms. The van der Waals surface area contributed by atoms with Crippen molar-refractivity contribution in [3.63, 3.8) is 0 Å². The maximum Gasteiger partial charge on any atom is 0.280 e. The second-order valence-electron chi connectivity index (χ2n) is 13.2. The van der Waals surface area contributed by atoms with Crippen LogP contribution in [0.4, 0.5) is 0 Å². The first-order valence-electron chi connectivity index (χ1n) is 14.9. The summed E-state index contributed by atoms with van der Waals surface area (Å²) in [6.07, 6.45) is 6.78. The number of benzene rings is 1. The summed E-state index contributed by atoms with van der Waals surface area (Å²) in [4.78, 5) is 37.9. The van der Waals surface area contributed by atoms with Crippen LogP contribution in [0.25, 0.3) is 16.5 Å². The van der Waals surface area contributed by atoms with E-state index >= 15 is 0 Å². The van der Waals surface area contributed by atoms with Crippen LogP contribution in [0.5, 0.6) is 0 Å². The molecule has 9 heteroatoms. The summed E-state index contributed by atoms with van der Waals surface area (Å²) < 4.78 is 6.51. The SMILES string of the molecule is CC(C)C1CN2CCCC2C2(O)OC(NC(=O)C3C=C4c5cccc6[nH]cc(c56)CC4N(C)C3)(C(C)C)C(=O)N12. The summed E-state index contributed by atoms with van der Waals surface area (Å²) in [5.41, 5.74) is 3.09. The van der Waals surface area contributed by atoms with Gasteiger partial charge in [0.05, 0.1) is 18.0 Å². The van der Waals surface area contributed by atoms with Gasteiger partial charge in [-0.3, -0.25) is 29.0 Å². The Morgan fingerprint density at radius 1 is 1.23 bits per heavy atom. The van der Waals surface area contributed by atoms with E-state index in [-0.39, 0.29) is 41.8 Å². The van der Waals surface area contributed by atoms with Crippen LogP contribution < -0.4 is 5.32 Å². The van der Waals surface area contributed by atoms with Gasteiger partial charge in [0, 0.05) is 42.1 Å². The van der Waals surface area contributed by atoms with Crippen LogP contribution in [0.1, 0.15) is 51.7 Å². The number of carbonyl (C=O) groups is 2. The Bertz CT molecular complexity index is 1420. The molecular weight excluding hydrogens is 506 g/mol. The average Bonchev–Trinajstić information content (AvgIpc) is 3.61. The lowest BCUT2D eigenvalue weighted by molar-refractivity contribution is -0.330. The summed E-state index contributed by atoms with van der Waals surface area (Å²) >= 11 is 0. The van der Waals surface area contributed by atoms with Gasteiger partial charge < -0.3 is 15.4 Å².